The molecule has 0 aromatic carbocycles. The van der Waals surface area contributed by atoms with E-state index in [-0.39, 0.29) is 29.9 Å². The standard InChI is InChI=1S/C12H13F3N4O2/c13-12(14,15)8-4-3-7(10(16)21)11(19-8)17-5-9(20)18-6-1-2-6/h3-4,6H,1-2,5H2,(H2,16,21)(H,17,19)(H,18,20). The SMILES string of the molecule is NC(=O)c1ccc(C(F)(F)F)nc1NCC(=O)NC1CC1. The molecule has 0 unspecified atom stereocenters. The van der Waals surface area contributed by atoms with Gasteiger partial charge in [-0.05, 0) is 25.0 Å². The van der Waals surface area contributed by atoms with Crippen molar-refractivity contribution in [3.05, 3.63) is 23.4 Å². The Bertz CT molecular complexity index is 570. The fourth-order valence-corrected chi connectivity index (χ4v) is 1.62. The number of rotatable bonds is 5. The third-order valence-corrected chi connectivity index (χ3v) is 2.81. The molecule has 1 aromatic heterocycles. The third kappa shape index (κ3) is 4.07. The molecule has 0 saturated heterocycles. The lowest BCUT2D eigenvalue weighted by molar-refractivity contribution is -0.141. The van der Waals surface area contributed by atoms with Crippen molar-refractivity contribution in [2.45, 2.75) is 25.1 Å². The summed E-state index contributed by atoms with van der Waals surface area (Å²) < 4.78 is 37.8. The number of hydrogen-bond acceptors (Lipinski definition) is 4. The van der Waals surface area contributed by atoms with E-state index < -0.39 is 17.8 Å². The lowest BCUT2D eigenvalue weighted by Crippen LogP contribution is -2.32. The summed E-state index contributed by atoms with van der Waals surface area (Å²) in [6.45, 7) is -0.287. The van der Waals surface area contributed by atoms with Crippen molar-refractivity contribution in [2.75, 3.05) is 11.9 Å². The number of amides is 2. The van der Waals surface area contributed by atoms with E-state index in [1.165, 1.54) is 0 Å². The molecule has 1 aromatic rings. The van der Waals surface area contributed by atoms with Crippen LogP contribution in [0.3, 0.4) is 0 Å². The number of anilines is 1. The Labute approximate surface area is 117 Å². The molecule has 2 amide bonds. The molecule has 1 fully saturated rings. The molecule has 1 heterocycles. The molecule has 6 nitrogen and oxygen atoms in total. The summed E-state index contributed by atoms with van der Waals surface area (Å²) in [5.74, 6) is -1.67. The van der Waals surface area contributed by atoms with Crippen LogP contribution in [0, 0.1) is 0 Å². The molecule has 114 valence electrons. The highest BCUT2D eigenvalue weighted by atomic mass is 19.4. The normalized spacial score (nSPS) is 14.6. The second-order valence-corrected chi connectivity index (χ2v) is 4.65. The summed E-state index contributed by atoms with van der Waals surface area (Å²) in [6.07, 6.45) is -2.87. The molecular formula is C12H13F3N4O2. The van der Waals surface area contributed by atoms with Gasteiger partial charge in [-0.3, -0.25) is 9.59 Å². The van der Waals surface area contributed by atoms with Crippen LogP contribution >= 0.6 is 0 Å². The van der Waals surface area contributed by atoms with Gasteiger partial charge in [0.1, 0.15) is 11.5 Å². The molecule has 1 aliphatic carbocycles. The Balaban J connectivity index is 2.13. The lowest BCUT2D eigenvalue weighted by atomic mass is 10.2. The van der Waals surface area contributed by atoms with Gasteiger partial charge in [-0.25, -0.2) is 4.98 Å². The summed E-state index contributed by atoms with van der Waals surface area (Å²) in [4.78, 5) is 26.0. The van der Waals surface area contributed by atoms with Crippen molar-refractivity contribution in [3.63, 3.8) is 0 Å². The van der Waals surface area contributed by atoms with E-state index in [2.05, 4.69) is 15.6 Å². The number of aromatic nitrogens is 1. The van der Waals surface area contributed by atoms with Gasteiger partial charge in [0.05, 0.1) is 12.1 Å². The minimum absolute atomic E-state index is 0.129. The topological polar surface area (TPSA) is 97.1 Å². The summed E-state index contributed by atoms with van der Waals surface area (Å²) >= 11 is 0. The number of nitrogens with one attached hydrogen (secondary N) is 2. The minimum Gasteiger partial charge on any atom is -0.365 e. The number of nitrogens with zero attached hydrogens (tertiary/aromatic N) is 1. The van der Waals surface area contributed by atoms with Gasteiger partial charge in [0, 0.05) is 6.04 Å². The van der Waals surface area contributed by atoms with Crippen LogP contribution in [0.25, 0.3) is 0 Å². The first kappa shape index (κ1) is 15.1. The summed E-state index contributed by atoms with van der Waals surface area (Å²) in [7, 11) is 0. The summed E-state index contributed by atoms with van der Waals surface area (Å²) in [5, 5.41) is 5.07. The number of pyridine rings is 1. The first-order valence-corrected chi connectivity index (χ1v) is 6.18. The van der Waals surface area contributed by atoms with E-state index in [0.29, 0.717) is 6.07 Å². The highest BCUT2D eigenvalue weighted by molar-refractivity contribution is 5.98. The molecule has 0 spiro atoms. The Kier molecular flexibility index (Phi) is 4.01. The second-order valence-electron chi connectivity index (χ2n) is 4.65. The average molecular weight is 302 g/mol. The van der Waals surface area contributed by atoms with Crippen LogP contribution in [0.1, 0.15) is 28.9 Å². The molecule has 0 bridgehead atoms. The van der Waals surface area contributed by atoms with Gasteiger partial charge in [0.15, 0.2) is 0 Å². The number of carbonyl (C=O) groups excluding carboxylic acids is 2. The Morgan fingerprint density at radius 1 is 1.33 bits per heavy atom. The minimum atomic E-state index is -4.65. The molecule has 0 radical (unpaired) electrons. The van der Waals surface area contributed by atoms with Crippen LogP contribution in [0.2, 0.25) is 0 Å². The van der Waals surface area contributed by atoms with Crippen LogP contribution in [-0.2, 0) is 11.0 Å². The molecule has 1 aliphatic rings. The van der Waals surface area contributed by atoms with Crippen molar-refractivity contribution >= 4 is 17.6 Å². The van der Waals surface area contributed by atoms with E-state index in [1.54, 1.807) is 0 Å². The smallest absolute Gasteiger partial charge is 0.365 e. The zero-order chi connectivity index (χ0) is 15.6. The molecule has 1 saturated carbocycles. The first-order valence-electron chi connectivity index (χ1n) is 6.18. The highest BCUT2D eigenvalue weighted by Gasteiger charge is 2.33. The number of hydrogen-bond donors (Lipinski definition) is 3. The van der Waals surface area contributed by atoms with Gasteiger partial charge in [-0.2, -0.15) is 13.2 Å². The molecule has 4 N–H and O–H groups in total. The second kappa shape index (κ2) is 5.58. The van der Waals surface area contributed by atoms with E-state index in [4.69, 9.17) is 5.73 Å². The van der Waals surface area contributed by atoms with Crippen molar-refractivity contribution in [1.29, 1.82) is 0 Å². The van der Waals surface area contributed by atoms with Gasteiger partial charge >= 0.3 is 6.18 Å². The number of alkyl halides is 3. The van der Waals surface area contributed by atoms with E-state index in [1.807, 2.05) is 0 Å². The predicted octanol–water partition coefficient (Wildman–Crippen LogP) is 0.890. The maximum Gasteiger partial charge on any atom is 0.433 e. The number of primary amides is 1. The van der Waals surface area contributed by atoms with Gasteiger partial charge < -0.3 is 16.4 Å². The molecule has 0 atom stereocenters. The fourth-order valence-electron chi connectivity index (χ4n) is 1.62. The predicted molar refractivity (Wildman–Crippen MR) is 67.4 cm³/mol. The number of halogens is 3. The van der Waals surface area contributed by atoms with E-state index in [0.717, 1.165) is 18.9 Å². The van der Waals surface area contributed by atoms with E-state index >= 15 is 0 Å². The number of carbonyl (C=O) groups is 2. The largest absolute Gasteiger partial charge is 0.433 e. The highest BCUT2D eigenvalue weighted by Crippen LogP contribution is 2.29. The van der Waals surface area contributed by atoms with Gasteiger partial charge in [0.2, 0.25) is 5.91 Å². The van der Waals surface area contributed by atoms with Crippen molar-refractivity contribution in [3.8, 4) is 0 Å². The van der Waals surface area contributed by atoms with Crippen LogP contribution in [0.5, 0.6) is 0 Å². The Morgan fingerprint density at radius 2 is 2.00 bits per heavy atom. The van der Waals surface area contributed by atoms with Crippen molar-refractivity contribution < 1.29 is 22.8 Å². The van der Waals surface area contributed by atoms with Gasteiger partial charge in [0.25, 0.3) is 5.91 Å². The van der Waals surface area contributed by atoms with Crippen LogP contribution in [0.4, 0.5) is 19.0 Å². The molecule has 21 heavy (non-hydrogen) atoms. The lowest BCUT2D eigenvalue weighted by Gasteiger charge is -2.12. The average Bonchev–Trinajstić information content (AvgIpc) is 3.18. The summed E-state index contributed by atoms with van der Waals surface area (Å²) in [5.41, 5.74) is 3.69. The Hall–Kier alpha value is -2.32. The third-order valence-electron chi connectivity index (χ3n) is 2.81. The van der Waals surface area contributed by atoms with Crippen molar-refractivity contribution in [1.82, 2.24) is 10.3 Å². The van der Waals surface area contributed by atoms with Crippen LogP contribution in [-0.4, -0.2) is 29.4 Å². The zero-order valence-corrected chi connectivity index (χ0v) is 10.8. The zero-order valence-electron chi connectivity index (χ0n) is 10.8. The van der Waals surface area contributed by atoms with Gasteiger partial charge in [-0.1, -0.05) is 0 Å². The monoisotopic (exact) mass is 302 g/mol. The molecule has 9 heteroatoms. The van der Waals surface area contributed by atoms with Crippen LogP contribution in [0.15, 0.2) is 12.1 Å². The fraction of sp³-hybridized carbons (Fsp3) is 0.417. The Morgan fingerprint density at radius 3 is 2.52 bits per heavy atom. The molecule has 2 rings (SSSR count). The summed E-state index contributed by atoms with van der Waals surface area (Å²) in [6, 6.07) is 1.72. The number of nitrogens with two attached hydrogens (primary N) is 1. The maximum absolute atomic E-state index is 12.6. The quantitative estimate of drug-likeness (QED) is 0.752. The van der Waals surface area contributed by atoms with E-state index in [9.17, 15) is 22.8 Å². The van der Waals surface area contributed by atoms with Gasteiger partial charge in [-0.15, -0.1) is 0 Å². The van der Waals surface area contributed by atoms with Crippen molar-refractivity contribution in [2.24, 2.45) is 5.73 Å². The first-order chi connectivity index (χ1) is 9.77. The maximum atomic E-state index is 12.6. The molecule has 0 aliphatic heterocycles. The van der Waals surface area contributed by atoms with Crippen LogP contribution < -0.4 is 16.4 Å². The molecular weight excluding hydrogens is 289 g/mol.